The molecule has 0 radical (unpaired) electrons. The maximum absolute atomic E-state index is 12.1. The van der Waals surface area contributed by atoms with Crippen molar-refractivity contribution in [2.45, 2.75) is 40.2 Å². The van der Waals surface area contributed by atoms with Crippen LogP contribution in [-0.4, -0.2) is 17.0 Å². The average molecular weight is 289 g/mol. The topological polar surface area (TPSA) is 66.4 Å². The Hall–Kier alpha value is -1.84. The molecule has 4 heteroatoms. The largest absolute Gasteiger partial charge is 0.481 e. The highest BCUT2D eigenvalue weighted by Crippen LogP contribution is 2.58. The number of carboxylic acid groups (broad SMARTS) is 1. The first-order chi connectivity index (χ1) is 9.75. The molecule has 0 aliphatic heterocycles. The van der Waals surface area contributed by atoms with E-state index < -0.39 is 23.2 Å². The Bertz CT molecular complexity index is 546. The Kier molecular flexibility index (Phi) is 4.08. The van der Waals surface area contributed by atoms with Gasteiger partial charge in [0.15, 0.2) is 0 Å². The van der Waals surface area contributed by atoms with Gasteiger partial charge in [-0.3, -0.25) is 9.59 Å². The van der Waals surface area contributed by atoms with Gasteiger partial charge in [0.25, 0.3) is 0 Å². The highest BCUT2D eigenvalue weighted by Gasteiger charge is 2.65. The van der Waals surface area contributed by atoms with Crippen molar-refractivity contribution in [2.75, 3.05) is 0 Å². The smallest absolute Gasteiger partial charge is 0.307 e. The molecule has 0 bridgehead atoms. The third-order valence-electron chi connectivity index (χ3n) is 4.49. The molecule has 1 aromatic carbocycles. The minimum atomic E-state index is -0.888. The summed E-state index contributed by atoms with van der Waals surface area (Å²) in [4.78, 5) is 23.2. The third kappa shape index (κ3) is 3.09. The number of carbonyl (C=O) groups is 2. The Morgan fingerprint density at radius 1 is 1.19 bits per heavy atom. The van der Waals surface area contributed by atoms with Crippen molar-refractivity contribution in [3.05, 3.63) is 35.4 Å². The Morgan fingerprint density at radius 2 is 1.76 bits per heavy atom. The van der Waals surface area contributed by atoms with Gasteiger partial charge in [0, 0.05) is 6.54 Å². The van der Waals surface area contributed by atoms with Gasteiger partial charge >= 0.3 is 5.97 Å². The zero-order valence-electron chi connectivity index (χ0n) is 13.0. The first-order valence-corrected chi connectivity index (χ1v) is 7.34. The normalized spacial score (nSPS) is 22.9. The predicted octanol–water partition coefficient (Wildman–Crippen LogP) is 2.78. The zero-order valence-corrected chi connectivity index (χ0v) is 13.0. The number of aliphatic carboxylic acids is 1. The molecule has 4 nitrogen and oxygen atoms in total. The van der Waals surface area contributed by atoms with Crippen LogP contribution in [0.4, 0.5) is 0 Å². The molecule has 1 saturated carbocycles. The molecular weight excluding hydrogens is 266 g/mol. The minimum absolute atomic E-state index is 0.166. The second-order valence-corrected chi connectivity index (χ2v) is 6.73. The molecule has 2 N–H and O–H groups in total. The summed E-state index contributed by atoms with van der Waals surface area (Å²) in [6, 6.07) is 8.13. The Balaban J connectivity index is 1.92. The summed E-state index contributed by atoms with van der Waals surface area (Å²) in [6.45, 7) is 8.37. The summed E-state index contributed by atoms with van der Waals surface area (Å²) in [5, 5.41) is 11.9. The molecule has 1 amide bonds. The van der Waals surface area contributed by atoms with Crippen LogP contribution in [0.5, 0.6) is 0 Å². The average Bonchev–Trinajstić information content (AvgIpc) is 2.99. The molecule has 0 heterocycles. The van der Waals surface area contributed by atoms with Crippen molar-refractivity contribution in [3.63, 3.8) is 0 Å². The number of hydrogen-bond donors (Lipinski definition) is 2. The van der Waals surface area contributed by atoms with Gasteiger partial charge in [-0.05, 0) is 22.5 Å². The molecule has 1 aliphatic rings. The second-order valence-electron chi connectivity index (χ2n) is 6.73. The molecule has 0 saturated heterocycles. The van der Waals surface area contributed by atoms with Gasteiger partial charge < -0.3 is 10.4 Å². The number of nitrogens with one attached hydrogen (secondary N) is 1. The number of amides is 1. The van der Waals surface area contributed by atoms with E-state index in [-0.39, 0.29) is 5.91 Å². The summed E-state index contributed by atoms with van der Waals surface area (Å²) in [5.74, 6) is -1.57. The van der Waals surface area contributed by atoms with Crippen molar-refractivity contribution >= 4 is 11.9 Å². The van der Waals surface area contributed by atoms with Crippen LogP contribution in [-0.2, 0) is 16.1 Å². The molecule has 1 aliphatic carbocycles. The number of carbonyl (C=O) groups excluding carboxylic acids is 1. The fraction of sp³-hybridized carbons (Fsp3) is 0.529. The summed E-state index contributed by atoms with van der Waals surface area (Å²) in [5.41, 5.74) is 1.84. The van der Waals surface area contributed by atoms with Gasteiger partial charge in [0.1, 0.15) is 0 Å². The van der Waals surface area contributed by atoms with Crippen LogP contribution < -0.4 is 5.32 Å². The predicted molar refractivity (Wildman–Crippen MR) is 80.8 cm³/mol. The zero-order chi connectivity index (χ0) is 15.8. The SMILES string of the molecule is CC(C)c1ccc(CNC(=O)C2C(C(=O)O)C2(C)C)cc1. The molecule has 2 atom stereocenters. The first kappa shape index (κ1) is 15.5. The number of rotatable bonds is 5. The van der Waals surface area contributed by atoms with E-state index in [1.807, 2.05) is 26.0 Å². The lowest BCUT2D eigenvalue weighted by molar-refractivity contribution is -0.140. The van der Waals surface area contributed by atoms with Crippen LogP contribution in [0.1, 0.15) is 44.7 Å². The molecule has 21 heavy (non-hydrogen) atoms. The van der Waals surface area contributed by atoms with E-state index in [1.165, 1.54) is 5.56 Å². The van der Waals surface area contributed by atoms with E-state index >= 15 is 0 Å². The molecule has 1 fully saturated rings. The van der Waals surface area contributed by atoms with Crippen LogP contribution >= 0.6 is 0 Å². The molecule has 0 spiro atoms. The van der Waals surface area contributed by atoms with E-state index in [9.17, 15) is 9.59 Å². The number of benzene rings is 1. The van der Waals surface area contributed by atoms with Gasteiger partial charge in [0.05, 0.1) is 11.8 Å². The number of carboxylic acids is 1. The summed E-state index contributed by atoms with van der Waals surface area (Å²) >= 11 is 0. The highest BCUT2D eigenvalue weighted by molar-refractivity contribution is 5.91. The maximum atomic E-state index is 12.1. The highest BCUT2D eigenvalue weighted by atomic mass is 16.4. The minimum Gasteiger partial charge on any atom is -0.481 e. The fourth-order valence-corrected chi connectivity index (χ4v) is 2.91. The van der Waals surface area contributed by atoms with Gasteiger partial charge in [0.2, 0.25) is 5.91 Å². The van der Waals surface area contributed by atoms with Crippen molar-refractivity contribution in [1.82, 2.24) is 5.32 Å². The first-order valence-electron chi connectivity index (χ1n) is 7.34. The van der Waals surface area contributed by atoms with Crippen LogP contribution in [0.3, 0.4) is 0 Å². The summed E-state index contributed by atoms with van der Waals surface area (Å²) < 4.78 is 0. The van der Waals surface area contributed by atoms with E-state index in [2.05, 4.69) is 31.3 Å². The van der Waals surface area contributed by atoms with Gasteiger partial charge in [-0.25, -0.2) is 0 Å². The van der Waals surface area contributed by atoms with Crippen LogP contribution in [0.25, 0.3) is 0 Å². The van der Waals surface area contributed by atoms with Gasteiger partial charge in [-0.1, -0.05) is 52.0 Å². The quantitative estimate of drug-likeness (QED) is 0.876. The lowest BCUT2D eigenvalue weighted by atomic mass is 10.0. The molecule has 1 aromatic rings. The Labute approximate surface area is 125 Å². The molecule has 0 aromatic heterocycles. The third-order valence-corrected chi connectivity index (χ3v) is 4.49. The lowest BCUT2D eigenvalue weighted by Gasteiger charge is -2.09. The van der Waals surface area contributed by atoms with Crippen LogP contribution in [0.2, 0.25) is 0 Å². The lowest BCUT2D eigenvalue weighted by Crippen LogP contribution is -2.26. The second kappa shape index (κ2) is 5.51. The molecule has 2 unspecified atom stereocenters. The van der Waals surface area contributed by atoms with Gasteiger partial charge in [-0.15, -0.1) is 0 Å². The van der Waals surface area contributed by atoms with Crippen LogP contribution in [0, 0.1) is 17.3 Å². The summed E-state index contributed by atoms with van der Waals surface area (Å²) in [7, 11) is 0. The van der Waals surface area contributed by atoms with E-state index in [0.29, 0.717) is 12.5 Å². The van der Waals surface area contributed by atoms with Crippen molar-refractivity contribution in [1.29, 1.82) is 0 Å². The molecule has 114 valence electrons. The van der Waals surface area contributed by atoms with Crippen molar-refractivity contribution in [2.24, 2.45) is 17.3 Å². The van der Waals surface area contributed by atoms with Crippen molar-refractivity contribution < 1.29 is 14.7 Å². The monoisotopic (exact) mass is 289 g/mol. The van der Waals surface area contributed by atoms with Gasteiger partial charge in [-0.2, -0.15) is 0 Å². The van der Waals surface area contributed by atoms with E-state index in [1.54, 1.807) is 0 Å². The van der Waals surface area contributed by atoms with Crippen molar-refractivity contribution in [3.8, 4) is 0 Å². The summed E-state index contributed by atoms with van der Waals surface area (Å²) in [6.07, 6.45) is 0. The fourth-order valence-electron chi connectivity index (χ4n) is 2.91. The van der Waals surface area contributed by atoms with Crippen LogP contribution in [0.15, 0.2) is 24.3 Å². The Morgan fingerprint density at radius 3 is 2.19 bits per heavy atom. The molecular formula is C17H23NO3. The standard InChI is InChI=1S/C17H23NO3/c1-10(2)12-7-5-11(6-8-12)9-18-15(19)13-14(16(20)21)17(13,3)4/h5-8,10,13-14H,9H2,1-4H3,(H,18,19)(H,20,21). The van der Waals surface area contributed by atoms with E-state index in [4.69, 9.17) is 5.11 Å². The maximum Gasteiger partial charge on any atom is 0.307 e. The number of hydrogen-bond acceptors (Lipinski definition) is 2. The van der Waals surface area contributed by atoms with E-state index in [0.717, 1.165) is 5.56 Å². The molecule has 2 rings (SSSR count).